The van der Waals surface area contributed by atoms with Gasteiger partial charge in [-0.3, -0.25) is 14.4 Å². The second-order valence-corrected chi connectivity index (χ2v) is 4.98. The van der Waals surface area contributed by atoms with Crippen molar-refractivity contribution in [1.29, 1.82) is 0 Å². The molecule has 0 radical (unpaired) electrons. The number of hydrogen-bond donors (Lipinski definition) is 5. The van der Waals surface area contributed by atoms with Crippen molar-refractivity contribution in [2.24, 2.45) is 0 Å². The number of aliphatic hydroxyl groups is 2. The molecule has 0 rings (SSSR count). The number of hydrogen-bond acceptors (Lipinski definition) is 6. The van der Waals surface area contributed by atoms with Gasteiger partial charge < -0.3 is 30.3 Å². The van der Waals surface area contributed by atoms with E-state index in [0.717, 1.165) is 19.8 Å². The summed E-state index contributed by atoms with van der Waals surface area (Å²) in [4.78, 5) is 28.2. The second-order valence-electron chi connectivity index (χ2n) is 4.98. The van der Waals surface area contributed by atoms with Gasteiger partial charge in [0.1, 0.15) is 0 Å². The van der Waals surface area contributed by atoms with Crippen LogP contribution < -0.4 is 0 Å². The molecular formula is C16H34O9. The molecule has 0 saturated carbocycles. The summed E-state index contributed by atoms with van der Waals surface area (Å²) in [5.41, 5.74) is 0. The van der Waals surface area contributed by atoms with Crippen LogP contribution in [-0.4, -0.2) is 68.9 Å². The molecular weight excluding hydrogens is 336 g/mol. The minimum absolute atomic E-state index is 0.00667. The number of rotatable bonds is 8. The minimum atomic E-state index is -0.833. The smallest absolute Gasteiger partial charge is 0.303 e. The summed E-state index contributed by atoms with van der Waals surface area (Å²) in [6.07, 6.45) is 1.43. The number of ether oxygens (including phenoxy) is 1. The van der Waals surface area contributed by atoms with E-state index in [1.807, 2.05) is 13.8 Å². The predicted octanol–water partition coefficient (Wildman–Crippen LogP) is 1.60. The lowest BCUT2D eigenvalue weighted by Gasteiger charge is -2.10. The Bertz CT molecular complexity index is 297. The Morgan fingerprint density at radius 2 is 1.24 bits per heavy atom. The van der Waals surface area contributed by atoms with Crippen LogP contribution in [0.15, 0.2) is 0 Å². The van der Waals surface area contributed by atoms with E-state index in [-0.39, 0.29) is 12.7 Å². The van der Waals surface area contributed by atoms with E-state index in [2.05, 4.69) is 0 Å². The maximum absolute atomic E-state index is 9.60. The van der Waals surface area contributed by atoms with Gasteiger partial charge in [0.15, 0.2) is 0 Å². The Morgan fingerprint density at radius 3 is 1.36 bits per heavy atom. The molecule has 25 heavy (non-hydrogen) atoms. The summed E-state index contributed by atoms with van der Waals surface area (Å²) in [6, 6.07) is 0. The summed E-state index contributed by atoms with van der Waals surface area (Å²) in [6.45, 7) is 8.46. The zero-order chi connectivity index (χ0) is 20.8. The van der Waals surface area contributed by atoms with Crippen LogP contribution in [0.2, 0.25) is 0 Å². The van der Waals surface area contributed by atoms with Crippen LogP contribution in [0.4, 0.5) is 0 Å². The van der Waals surface area contributed by atoms with E-state index in [9.17, 15) is 9.59 Å². The summed E-state index contributed by atoms with van der Waals surface area (Å²) < 4.78 is 4.95. The van der Waals surface area contributed by atoms with E-state index >= 15 is 0 Å². The Morgan fingerprint density at radius 1 is 0.920 bits per heavy atom. The van der Waals surface area contributed by atoms with Gasteiger partial charge in [0.25, 0.3) is 5.97 Å². The van der Waals surface area contributed by atoms with Crippen molar-refractivity contribution in [3.05, 3.63) is 0 Å². The molecule has 0 heterocycles. The number of aliphatic carboxylic acids is 3. The van der Waals surface area contributed by atoms with Crippen molar-refractivity contribution in [2.45, 2.75) is 72.5 Å². The van der Waals surface area contributed by atoms with Gasteiger partial charge in [-0.1, -0.05) is 13.8 Å². The zero-order valence-corrected chi connectivity index (χ0v) is 15.8. The standard InChI is InChI=1S/C6H14O3.2C4H8O2.C2H4O2/c1-5(8)4-9-6(2)3-7;2*1-2-3-4(5)6;1-2(3)4/h5-8H,3-4H2,1-2H3;2*2-3H2,1H3,(H,5,6);1H3,(H,3,4). The van der Waals surface area contributed by atoms with Gasteiger partial charge in [-0.2, -0.15) is 0 Å². The Balaban J connectivity index is -0.000000123. The molecule has 0 aromatic carbocycles. The number of carbonyl (C=O) groups is 3. The lowest BCUT2D eigenvalue weighted by atomic mass is 10.4. The van der Waals surface area contributed by atoms with Crippen LogP contribution in [0.5, 0.6) is 0 Å². The van der Waals surface area contributed by atoms with Gasteiger partial charge in [-0.15, -0.1) is 0 Å². The van der Waals surface area contributed by atoms with Crippen LogP contribution >= 0.6 is 0 Å². The average molecular weight is 370 g/mol. The number of carboxylic acid groups (broad SMARTS) is 3. The molecule has 0 spiro atoms. The van der Waals surface area contributed by atoms with Gasteiger partial charge in [0.2, 0.25) is 0 Å². The molecule has 152 valence electrons. The largest absolute Gasteiger partial charge is 0.481 e. The molecule has 0 amide bonds. The molecule has 0 aliphatic heterocycles. The predicted molar refractivity (Wildman–Crippen MR) is 92.6 cm³/mol. The summed E-state index contributed by atoms with van der Waals surface area (Å²) in [7, 11) is 0. The Kier molecular flexibility index (Phi) is 30.5. The average Bonchev–Trinajstić information content (AvgIpc) is 2.45. The first-order valence-corrected chi connectivity index (χ1v) is 7.97. The fourth-order valence-corrected chi connectivity index (χ4v) is 0.784. The van der Waals surface area contributed by atoms with Crippen LogP contribution in [-0.2, 0) is 19.1 Å². The maximum Gasteiger partial charge on any atom is 0.303 e. The molecule has 0 fully saturated rings. The van der Waals surface area contributed by atoms with Gasteiger partial charge in [0, 0.05) is 19.8 Å². The second kappa shape index (κ2) is 24.5. The summed E-state index contributed by atoms with van der Waals surface area (Å²) in [5, 5.41) is 40.4. The highest BCUT2D eigenvalue weighted by Crippen LogP contribution is 1.90. The van der Waals surface area contributed by atoms with E-state index < -0.39 is 24.0 Å². The topological polar surface area (TPSA) is 162 Å². The molecule has 0 aliphatic rings. The van der Waals surface area contributed by atoms with Crippen molar-refractivity contribution >= 4 is 17.9 Å². The van der Waals surface area contributed by atoms with E-state index in [1.54, 1.807) is 13.8 Å². The van der Waals surface area contributed by atoms with Crippen LogP contribution in [0.1, 0.15) is 60.3 Å². The summed E-state index contributed by atoms with van der Waals surface area (Å²) in [5.74, 6) is -2.25. The van der Waals surface area contributed by atoms with Crippen LogP contribution in [0.3, 0.4) is 0 Å². The zero-order valence-electron chi connectivity index (χ0n) is 15.8. The lowest BCUT2D eigenvalue weighted by Crippen LogP contribution is -2.19. The first kappa shape index (κ1) is 31.1. The van der Waals surface area contributed by atoms with Gasteiger partial charge in [-0.05, 0) is 26.7 Å². The van der Waals surface area contributed by atoms with E-state index in [0.29, 0.717) is 19.4 Å². The third-order valence-corrected chi connectivity index (χ3v) is 1.81. The molecule has 0 aromatic rings. The van der Waals surface area contributed by atoms with E-state index in [4.69, 9.17) is 35.1 Å². The Labute approximate surface area is 149 Å². The first-order chi connectivity index (χ1) is 11.4. The lowest BCUT2D eigenvalue weighted by molar-refractivity contribution is -0.138. The van der Waals surface area contributed by atoms with Crippen LogP contribution in [0, 0.1) is 0 Å². The molecule has 9 heteroatoms. The Hall–Kier alpha value is -1.71. The third-order valence-electron chi connectivity index (χ3n) is 1.81. The molecule has 9 nitrogen and oxygen atoms in total. The molecule has 0 saturated heterocycles. The number of carboxylic acids is 3. The van der Waals surface area contributed by atoms with Gasteiger partial charge in [0.05, 0.1) is 25.4 Å². The summed E-state index contributed by atoms with van der Waals surface area (Å²) >= 11 is 0. The van der Waals surface area contributed by atoms with Crippen molar-refractivity contribution in [1.82, 2.24) is 0 Å². The minimum Gasteiger partial charge on any atom is -0.481 e. The highest BCUT2D eigenvalue weighted by molar-refractivity contribution is 5.66. The van der Waals surface area contributed by atoms with Crippen molar-refractivity contribution in [2.75, 3.05) is 13.2 Å². The first-order valence-electron chi connectivity index (χ1n) is 7.97. The molecule has 0 bridgehead atoms. The fraction of sp³-hybridized carbons (Fsp3) is 0.812. The normalized spacial score (nSPS) is 11.2. The van der Waals surface area contributed by atoms with Crippen molar-refractivity contribution < 1.29 is 44.7 Å². The molecule has 0 aromatic heterocycles. The highest BCUT2D eigenvalue weighted by atomic mass is 16.5. The third kappa shape index (κ3) is 72.0. The molecule has 0 aliphatic carbocycles. The number of aliphatic hydroxyl groups excluding tert-OH is 2. The monoisotopic (exact) mass is 370 g/mol. The molecule has 2 unspecified atom stereocenters. The SMILES string of the molecule is CC(=O)O.CC(O)COC(C)CO.CCCC(=O)O.CCCC(=O)O. The maximum atomic E-state index is 9.60. The van der Waals surface area contributed by atoms with Gasteiger partial charge >= 0.3 is 11.9 Å². The van der Waals surface area contributed by atoms with Crippen molar-refractivity contribution in [3.63, 3.8) is 0 Å². The van der Waals surface area contributed by atoms with Crippen LogP contribution in [0.25, 0.3) is 0 Å². The quantitative estimate of drug-likeness (QED) is 0.427. The van der Waals surface area contributed by atoms with E-state index in [1.165, 1.54) is 0 Å². The fourth-order valence-electron chi connectivity index (χ4n) is 0.784. The van der Waals surface area contributed by atoms with Crippen molar-refractivity contribution in [3.8, 4) is 0 Å². The molecule has 5 N–H and O–H groups in total. The molecule has 2 atom stereocenters. The van der Waals surface area contributed by atoms with Gasteiger partial charge in [-0.25, -0.2) is 0 Å². The highest BCUT2D eigenvalue weighted by Gasteiger charge is 2.00.